The molecule has 7 heteroatoms. The average molecular weight is 691 g/mol. The summed E-state index contributed by atoms with van der Waals surface area (Å²) < 4.78 is 23.7. The van der Waals surface area contributed by atoms with Crippen molar-refractivity contribution in [1.29, 1.82) is 0 Å². The molecule has 6 rings (SSSR count). The van der Waals surface area contributed by atoms with Crippen LogP contribution >= 0.6 is 0 Å². The van der Waals surface area contributed by atoms with Crippen molar-refractivity contribution in [1.82, 2.24) is 0 Å². The van der Waals surface area contributed by atoms with Gasteiger partial charge in [-0.15, -0.1) is 0 Å². The number of hydrogen-bond donors (Lipinski definition) is 0. The monoisotopic (exact) mass is 690 g/mol. The quantitative estimate of drug-likeness (QED) is 0.0881. The summed E-state index contributed by atoms with van der Waals surface area (Å²) in [4.78, 5) is 39.2. The minimum absolute atomic E-state index is 0.331. The lowest BCUT2D eigenvalue weighted by atomic mass is 9.97. The van der Waals surface area contributed by atoms with Crippen molar-refractivity contribution in [3.63, 3.8) is 0 Å². The summed E-state index contributed by atoms with van der Waals surface area (Å²) in [6.45, 7) is 1.33. The molecule has 7 nitrogen and oxygen atoms in total. The highest BCUT2D eigenvalue weighted by molar-refractivity contribution is 5.91. The molecule has 52 heavy (non-hydrogen) atoms. The van der Waals surface area contributed by atoms with E-state index in [1.165, 1.54) is 6.92 Å². The first-order chi connectivity index (χ1) is 25.4. The summed E-state index contributed by atoms with van der Waals surface area (Å²) in [5.74, 6) is -1.53. The minimum atomic E-state index is -0.889. The molecule has 0 heterocycles. The first-order valence-corrected chi connectivity index (χ1v) is 16.9. The van der Waals surface area contributed by atoms with Crippen LogP contribution in [-0.2, 0) is 23.7 Å². The highest BCUT2D eigenvalue weighted by Gasteiger charge is 2.32. The Bertz CT molecular complexity index is 2050. The van der Waals surface area contributed by atoms with E-state index in [-0.39, 0.29) is 0 Å². The molecule has 260 valence electrons. The Morgan fingerprint density at radius 1 is 0.385 bits per heavy atom. The normalized spacial score (nSPS) is 13.2. The summed E-state index contributed by atoms with van der Waals surface area (Å²) in [6.07, 6.45) is -2.92. The maximum Gasteiger partial charge on any atom is 0.338 e. The topological polar surface area (TPSA) is 88.1 Å². The van der Waals surface area contributed by atoms with Gasteiger partial charge in [-0.1, -0.05) is 146 Å². The van der Waals surface area contributed by atoms with Gasteiger partial charge < -0.3 is 18.9 Å². The van der Waals surface area contributed by atoms with E-state index in [0.29, 0.717) is 22.3 Å². The molecule has 0 saturated heterocycles. The number of carbonyl (C=O) groups excluding carboxylic acids is 3. The largest absolute Gasteiger partial charge is 0.453 e. The Labute approximate surface area is 303 Å². The second kappa shape index (κ2) is 17.1. The summed E-state index contributed by atoms with van der Waals surface area (Å²) in [6, 6.07) is 51.8. The SMILES string of the molecule is COC(c1ccccc1)C(OC(=O)c1ccc(-c2ccc(C(=O)OC(c3ccccc3)C(OC(C)=O)c3ccccc3)cc2)cc1)c1ccccc1. The van der Waals surface area contributed by atoms with E-state index < -0.39 is 42.3 Å². The van der Waals surface area contributed by atoms with E-state index >= 15 is 0 Å². The maximum absolute atomic E-state index is 13.5. The van der Waals surface area contributed by atoms with Gasteiger partial charge in [-0.2, -0.15) is 0 Å². The Balaban J connectivity index is 1.18. The lowest BCUT2D eigenvalue weighted by Crippen LogP contribution is -2.22. The number of methoxy groups -OCH3 is 1. The van der Waals surface area contributed by atoms with Crippen molar-refractivity contribution in [2.75, 3.05) is 7.11 Å². The van der Waals surface area contributed by atoms with Gasteiger partial charge in [0.2, 0.25) is 0 Å². The van der Waals surface area contributed by atoms with Gasteiger partial charge in [0.25, 0.3) is 0 Å². The number of hydrogen-bond acceptors (Lipinski definition) is 7. The zero-order chi connectivity index (χ0) is 36.3. The van der Waals surface area contributed by atoms with E-state index in [9.17, 15) is 14.4 Å². The molecule has 6 aromatic carbocycles. The zero-order valence-electron chi connectivity index (χ0n) is 28.8. The second-order valence-electron chi connectivity index (χ2n) is 12.1. The third-order valence-corrected chi connectivity index (χ3v) is 8.65. The minimum Gasteiger partial charge on any atom is -0.453 e. The van der Waals surface area contributed by atoms with Crippen molar-refractivity contribution in [2.45, 2.75) is 31.3 Å². The van der Waals surface area contributed by atoms with Crippen molar-refractivity contribution in [2.24, 2.45) is 0 Å². The molecule has 0 fully saturated rings. The number of rotatable bonds is 13. The van der Waals surface area contributed by atoms with E-state index in [4.69, 9.17) is 18.9 Å². The fraction of sp³-hybridized carbons (Fsp3) is 0.133. The molecule has 0 saturated carbocycles. The van der Waals surface area contributed by atoms with Crippen molar-refractivity contribution < 1.29 is 33.3 Å². The van der Waals surface area contributed by atoms with Gasteiger partial charge in [0.15, 0.2) is 18.3 Å². The zero-order valence-corrected chi connectivity index (χ0v) is 28.8. The third-order valence-electron chi connectivity index (χ3n) is 8.65. The van der Waals surface area contributed by atoms with Crippen LogP contribution in [0, 0.1) is 0 Å². The smallest absolute Gasteiger partial charge is 0.338 e. The average Bonchev–Trinajstić information content (AvgIpc) is 3.20. The van der Waals surface area contributed by atoms with Crippen LogP contribution in [0.25, 0.3) is 11.1 Å². The first kappa shape index (κ1) is 35.5. The van der Waals surface area contributed by atoms with Crippen molar-refractivity contribution >= 4 is 17.9 Å². The van der Waals surface area contributed by atoms with Gasteiger partial charge in [-0.25, -0.2) is 9.59 Å². The van der Waals surface area contributed by atoms with Crippen LogP contribution in [0.5, 0.6) is 0 Å². The highest BCUT2D eigenvalue weighted by Crippen LogP contribution is 2.37. The fourth-order valence-corrected chi connectivity index (χ4v) is 6.06. The van der Waals surface area contributed by atoms with Crippen LogP contribution in [0.3, 0.4) is 0 Å². The number of benzene rings is 6. The van der Waals surface area contributed by atoms with Gasteiger partial charge in [-0.05, 0) is 57.6 Å². The van der Waals surface area contributed by atoms with E-state index in [1.807, 2.05) is 146 Å². The Morgan fingerprint density at radius 2 is 0.673 bits per heavy atom. The van der Waals surface area contributed by atoms with E-state index in [2.05, 4.69) is 0 Å². The highest BCUT2D eigenvalue weighted by atomic mass is 16.6. The predicted molar refractivity (Wildman–Crippen MR) is 198 cm³/mol. The van der Waals surface area contributed by atoms with Gasteiger partial charge in [0.05, 0.1) is 11.1 Å². The molecular weight excluding hydrogens is 652 g/mol. The summed E-state index contributed by atoms with van der Waals surface area (Å²) in [5, 5.41) is 0. The molecule has 0 amide bonds. The summed E-state index contributed by atoms with van der Waals surface area (Å²) in [7, 11) is 1.60. The first-order valence-electron chi connectivity index (χ1n) is 16.9. The van der Waals surface area contributed by atoms with Crippen LogP contribution in [0.4, 0.5) is 0 Å². The number of esters is 3. The molecular formula is C45H38O7. The van der Waals surface area contributed by atoms with Gasteiger partial charge in [-0.3, -0.25) is 4.79 Å². The lowest BCUT2D eigenvalue weighted by molar-refractivity contribution is -0.153. The van der Waals surface area contributed by atoms with Crippen LogP contribution in [0.2, 0.25) is 0 Å². The maximum atomic E-state index is 13.5. The lowest BCUT2D eigenvalue weighted by Gasteiger charge is -2.27. The Kier molecular flexibility index (Phi) is 11.7. The molecule has 0 aliphatic carbocycles. The molecule has 0 radical (unpaired) electrons. The Hall–Kier alpha value is -6.31. The van der Waals surface area contributed by atoms with Crippen LogP contribution in [0.1, 0.15) is 74.3 Å². The molecule has 6 aromatic rings. The van der Waals surface area contributed by atoms with Crippen LogP contribution in [-0.4, -0.2) is 25.0 Å². The summed E-state index contributed by atoms with van der Waals surface area (Å²) >= 11 is 0. The molecule has 0 aliphatic heterocycles. The molecule has 0 spiro atoms. The van der Waals surface area contributed by atoms with Gasteiger partial charge >= 0.3 is 17.9 Å². The van der Waals surface area contributed by atoms with E-state index in [0.717, 1.165) is 22.3 Å². The summed E-state index contributed by atoms with van der Waals surface area (Å²) in [5.41, 5.74) is 5.50. The molecule has 0 N–H and O–H groups in total. The Morgan fingerprint density at radius 3 is 0.981 bits per heavy atom. The van der Waals surface area contributed by atoms with Gasteiger partial charge in [0, 0.05) is 14.0 Å². The van der Waals surface area contributed by atoms with Crippen molar-refractivity contribution in [3.05, 3.63) is 203 Å². The fourth-order valence-electron chi connectivity index (χ4n) is 6.06. The number of ether oxygens (including phenoxy) is 4. The van der Waals surface area contributed by atoms with E-state index in [1.54, 1.807) is 31.4 Å². The predicted octanol–water partition coefficient (Wildman–Crippen LogP) is 9.84. The molecule has 0 aliphatic rings. The second-order valence-corrected chi connectivity index (χ2v) is 12.1. The third kappa shape index (κ3) is 8.70. The van der Waals surface area contributed by atoms with Crippen LogP contribution < -0.4 is 0 Å². The molecule has 0 aromatic heterocycles. The molecule has 0 bridgehead atoms. The van der Waals surface area contributed by atoms with Gasteiger partial charge in [0.1, 0.15) is 6.10 Å². The van der Waals surface area contributed by atoms with Crippen molar-refractivity contribution in [3.8, 4) is 11.1 Å². The molecule has 4 atom stereocenters. The standard InChI is InChI=1S/C45H38O7/c1-31(46)50-42(36-19-11-5-12-20-36)43(37-21-13-6-14-22-37)52-45(48)39-29-25-33(26-30-39)32-23-27-38(28-24-32)44(47)51-41(35-17-9-4-10-18-35)40(49-2)34-15-7-3-8-16-34/h3-30,40-43H,1-2H3. The van der Waals surface area contributed by atoms with Crippen LogP contribution in [0.15, 0.2) is 170 Å². The number of carbonyl (C=O) groups is 3. The molecule has 4 unspecified atom stereocenters.